The number of nitrogens with zero attached hydrogens (tertiary/aromatic N) is 2. The molecule has 0 aliphatic carbocycles. The molecule has 0 unspecified atom stereocenters. The summed E-state index contributed by atoms with van der Waals surface area (Å²) >= 11 is 5.82. The van der Waals surface area contributed by atoms with Crippen molar-refractivity contribution in [2.24, 2.45) is 7.05 Å². The fourth-order valence-corrected chi connectivity index (χ4v) is 2.73. The lowest BCUT2D eigenvalue weighted by Gasteiger charge is -2.09. The van der Waals surface area contributed by atoms with E-state index in [-0.39, 0.29) is 18.9 Å². The number of carbonyl (C=O) groups is 2. The summed E-state index contributed by atoms with van der Waals surface area (Å²) in [5.41, 5.74) is 3.24. The van der Waals surface area contributed by atoms with E-state index in [0.29, 0.717) is 17.3 Å². The van der Waals surface area contributed by atoms with E-state index in [4.69, 9.17) is 16.3 Å². The molecule has 7 nitrogen and oxygen atoms in total. The van der Waals surface area contributed by atoms with Crippen molar-refractivity contribution in [3.05, 3.63) is 82.6 Å². The number of ether oxygens (including phenoxy) is 1. The molecule has 29 heavy (non-hydrogen) atoms. The van der Waals surface area contributed by atoms with Gasteiger partial charge in [-0.15, -0.1) is 0 Å². The van der Waals surface area contributed by atoms with E-state index in [1.807, 2.05) is 25.4 Å². The highest BCUT2D eigenvalue weighted by Crippen LogP contribution is 2.12. The van der Waals surface area contributed by atoms with Crippen LogP contribution in [0, 0.1) is 0 Å². The van der Waals surface area contributed by atoms with Gasteiger partial charge < -0.3 is 10.1 Å². The SMILES string of the molecule is Cn1cc(CC(=O)NCc2ccc(NC(=O)OCc3ccc(Cl)cc3)cc2)cn1. The van der Waals surface area contributed by atoms with Gasteiger partial charge in [0.05, 0.1) is 12.6 Å². The molecule has 0 saturated heterocycles. The molecular weight excluding hydrogens is 392 g/mol. The average Bonchev–Trinajstić information content (AvgIpc) is 3.11. The van der Waals surface area contributed by atoms with Gasteiger partial charge in [0.2, 0.25) is 5.91 Å². The summed E-state index contributed by atoms with van der Waals surface area (Å²) in [6.45, 7) is 0.560. The quantitative estimate of drug-likeness (QED) is 0.619. The number of hydrogen-bond acceptors (Lipinski definition) is 4. The average molecular weight is 413 g/mol. The van der Waals surface area contributed by atoms with Crippen LogP contribution in [0.1, 0.15) is 16.7 Å². The highest BCUT2D eigenvalue weighted by Gasteiger charge is 2.07. The Morgan fingerprint density at radius 3 is 2.38 bits per heavy atom. The second-order valence-corrected chi connectivity index (χ2v) is 6.94. The van der Waals surface area contributed by atoms with Gasteiger partial charge in [-0.2, -0.15) is 5.10 Å². The van der Waals surface area contributed by atoms with Gasteiger partial charge in [0.25, 0.3) is 0 Å². The molecule has 0 radical (unpaired) electrons. The zero-order valence-corrected chi connectivity index (χ0v) is 16.6. The number of benzene rings is 2. The zero-order chi connectivity index (χ0) is 20.6. The van der Waals surface area contributed by atoms with Crippen LogP contribution < -0.4 is 10.6 Å². The fourth-order valence-electron chi connectivity index (χ4n) is 2.60. The molecule has 0 fully saturated rings. The maximum Gasteiger partial charge on any atom is 0.411 e. The number of amides is 2. The molecule has 3 rings (SSSR count). The van der Waals surface area contributed by atoms with Crippen molar-refractivity contribution in [1.29, 1.82) is 0 Å². The van der Waals surface area contributed by atoms with E-state index in [9.17, 15) is 9.59 Å². The standard InChI is InChI=1S/C21H21ClN4O3/c1-26-13-17(12-24-26)10-20(27)23-11-15-4-8-19(9-5-15)25-21(28)29-14-16-2-6-18(22)7-3-16/h2-9,12-13H,10-11,14H2,1H3,(H,23,27)(H,25,28). The van der Waals surface area contributed by atoms with Crippen molar-refractivity contribution in [3.8, 4) is 0 Å². The molecule has 2 aromatic carbocycles. The normalized spacial score (nSPS) is 10.4. The predicted octanol–water partition coefficient (Wildman–Crippen LogP) is 3.68. The molecule has 3 aromatic rings. The van der Waals surface area contributed by atoms with Crippen LogP contribution in [-0.4, -0.2) is 21.8 Å². The van der Waals surface area contributed by atoms with Crippen LogP contribution in [0.15, 0.2) is 60.9 Å². The molecule has 0 saturated carbocycles. The first-order valence-corrected chi connectivity index (χ1v) is 9.37. The first kappa shape index (κ1) is 20.4. The summed E-state index contributed by atoms with van der Waals surface area (Å²) in [6.07, 6.45) is 3.22. The summed E-state index contributed by atoms with van der Waals surface area (Å²) in [4.78, 5) is 23.9. The molecule has 2 amide bonds. The molecule has 2 N–H and O–H groups in total. The van der Waals surface area contributed by atoms with Crippen LogP contribution >= 0.6 is 11.6 Å². The fraction of sp³-hybridized carbons (Fsp3) is 0.190. The number of nitrogens with one attached hydrogen (secondary N) is 2. The van der Waals surface area contributed by atoms with Gasteiger partial charge in [-0.1, -0.05) is 35.9 Å². The Morgan fingerprint density at radius 2 is 1.72 bits per heavy atom. The van der Waals surface area contributed by atoms with E-state index in [1.54, 1.807) is 47.3 Å². The molecule has 0 bridgehead atoms. The Balaban J connectivity index is 1.41. The molecule has 0 atom stereocenters. The Hall–Kier alpha value is -3.32. The van der Waals surface area contributed by atoms with Crippen LogP contribution in [0.3, 0.4) is 0 Å². The maximum absolute atomic E-state index is 12.0. The number of aryl methyl sites for hydroxylation is 1. The smallest absolute Gasteiger partial charge is 0.411 e. The highest BCUT2D eigenvalue weighted by atomic mass is 35.5. The third-order valence-corrected chi connectivity index (χ3v) is 4.35. The molecule has 8 heteroatoms. The van der Waals surface area contributed by atoms with E-state index in [2.05, 4.69) is 15.7 Å². The lowest BCUT2D eigenvalue weighted by molar-refractivity contribution is -0.120. The van der Waals surface area contributed by atoms with Gasteiger partial charge in [0.15, 0.2) is 0 Å². The van der Waals surface area contributed by atoms with E-state index >= 15 is 0 Å². The summed E-state index contributed by atoms with van der Waals surface area (Å²) in [5, 5.41) is 10.2. The van der Waals surface area contributed by atoms with Crippen molar-refractivity contribution >= 4 is 29.3 Å². The first-order valence-electron chi connectivity index (χ1n) is 8.99. The molecule has 0 aliphatic heterocycles. The third kappa shape index (κ3) is 6.65. The number of halogens is 1. The number of aromatic nitrogens is 2. The molecular formula is C21H21ClN4O3. The topological polar surface area (TPSA) is 85.2 Å². The Morgan fingerprint density at radius 1 is 1.03 bits per heavy atom. The predicted molar refractivity (Wildman–Crippen MR) is 110 cm³/mol. The second-order valence-electron chi connectivity index (χ2n) is 6.50. The summed E-state index contributed by atoms with van der Waals surface area (Å²) in [6, 6.07) is 14.3. The van der Waals surface area contributed by atoms with Gasteiger partial charge in [-0.05, 0) is 41.0 Å². The molecule has 1 heterocycles. The number of anilines is 1. The van der Waals surface area contributed by atoms with Crippen molar-refractivity contribution in [2.45, 2.75) is 19.6 Å². The van der Waals surface area contributed by atoms with Crippen molar-refractivity contribution < 1.29 is 14.3 Å². The maximum atomic E-state index is 12.0. The Labute approximate surface area is 173 Å². The Bertz CT molecular complexity index is 968. The van der Waals surface area contributed by atoms with E-state index in [0.717, 1.165) is 16.7 Å². The molecule has 0 spiro atoms. The van der Waals surface area contributed by atoms with Crippen molar-refractivity contribution in [2.75, 3.05) is 5.32 Å². The van der Waals surface area contributed by atoms with E-state index in [1.165, 1.54) is 0 Å². The van der Waals surface area contributed by atoms with E-state index < -0.39 is 6.09 Å². The summed E-state index contributed by atoms with van der Waals surface area (Å²) in [5.74, 6) is -0.0778. The highest BCUT2D eigenvalue weighted by molar-refractivity contribution is 6.30. The second kappa shape index (κ2) is 9.75. The molecule has 1 aromatic heterocycles. The number of hydrogen-bond donors (Lipinski definition) is 2. The summed E-state index contributed by atoms with van der Waals surface area (Å²) < 4.78 is 6.84. The van der Waals surface area contributed by atoms with Gasteiger partial charge in [-0.3, -0.25) is 14.8 Å². The number of rotatable bonds is 7. The summed E-state index contributed by atoms with van der Waals surface area (Å²) in [7, 11) is 1.81. The zero-order valence-electron chi connectivity index (χ0n) is 15.9. The van der Waals surface area contributed by atoms with Crippen molar-refractivity contribution in [1.82, 2.24) is 15.1 Å². The van der Waals surface area contributed by atoms with Crippen molar-refractivity contribution in [3.63, 3.8) is 0 Å². The minimum absolute atomic E-state index is 0.0778. The van der Waals surface area contributed by atoms with Gasteiger partial charge in [-0.25, -0.2) is 4.79 Å². The van der Waals surface area contributed by atoms with Gasteiger partial charge >= 0.3 is 6.09 Å². The van der Waals surface area contributed by atoms with Crippen LogP contribution in [0.4, 0.5) is 10.5 Å². The largest absolute Gasteiger partial charge is 0.444 e. The van der Waals surface area contributed by atoms with Gasteiger partial charge in [0, 0.05) is 30.5 Å². The number of carbonyl (C=O) groups excluding carboxylic acids is 2. The lowest BCUT2D eigenvalue weighted by Crippen LogP contribution is -2.24. The minimum Gasteiger partial charge on any atom is -0.444 e. The third-order valence-electron chi connectivity index (χ3n) is 4.10. The first-order chi connectivity index (χ1) is 14.0. The lowest BCUT2D eigenvalue weighted by atomic mass is 10.2. The van der Waals surface area contributed by atoms with Gasteiger partial charge in [0.1, 0.15) is 6.61 Å². The van der Waals surface area contributed by atoms with Crippen LogP contribution in [0.2, 0.25) is 5.02 Å². The van der Waals surface area contributed by atoms with Crippen LogP contribution in [0.25, 0.3) is 0 Å². The monoisotopic (exact) mass is 412 g/mol. The van der Waals surface area contributed by atoms with Crippen LogP contribution in [0.5, 0.6) is 0 Å². The van der Waals surface area contributed by atoms with Crippen LogP contribution in [-0.2, 0) is 36.2 Å². The Kier molecular flexibility index (Phi) is 6.86. The molecule has 150 valence electrons. The molecule has 0 aliphatic rings. The minimum atomic E-state index is -0.544.